The highest BCUT2D eigenvalue weighted by Crippen LogP contribution is 2.49. The zero-order valence-corrected chi connectivity index (χ0v) is 47.3. The number of hydrogen-bond acceptors (Lipinski definition) is 4. The molecule has 0 aliphatic carbocycles. The summed E-state index contributed by atoms with van der Waals surface area (Å²) in [7, 11) is 0. The van der Waals surface area contributed by atoms with Crippen LogP contribution in [-0.2, 0) is 32.5 Å². The number of hydrogen-bond donors (Lipinski definition) is 0. The maximum Gasteiger partial charge on any atom is 0.252 e. The van der Waals surface area contributed by atoms with Gasteiger partial charge in [0.15, 0.2) is 0 Å². The summed E-state index contributed by atoms with van der Waals surface area (Å²) in [5.74, 6) is 0. The first-order valence-electron chi connectivity index (χ1n) is 26.3. The van der Waals surface area contributed by atoms with E-state index in [0.29, 0.717) is 0 Å². The maximum absolute atomic E-state index is 5.53. The van der Waals surface area contributed by atoms with E-state index in [-0.39, 0.29) is 39.2 Å². The lowest BCUT2D eigenvalue weighted by Crippen LogP contribution is -2.61. The average Bonchev–Trinajstić information content (AvgIpc) is 3.72. The normalized spacial score (nSPS) is 14.2. The van der Waals surface area contributed by atoms with Gasteiger partial charge in [0.1, 0.15) is 5.01 Å². The molecular formula is C67H76BN3S. The summed E-state index contributed by atoms with van der Waals surface area (Å²) >= 11 is 1.80. The van der Waals surface area contributed by atoms with E-state index < -0.39 is 0 Å². The van der Waals surface area contributed by atoms with Gasteiger partial charge in [-0.3, -0.25) is 0 Å². The minimum absolute atomic E-state index is 0.0379. The summed E-state index contributed by atoms with van der Waals surface area (Å²) in [4.78, 5) is 10.7. The molecule has 10 rings (SSSR count). The number of rotatable bonds is 4. The summed E-state index contributed by atoms with van der Waals surface area (Å²) in [6.45, 7) is 41.9. The molecule has 0 spiro atoms. The lowest BCUT2D eigenvalue weighted by Gasteiger charge is -2.45. The second-order valence-corrected chi connectivity index (χ2v) is 28.2. The van der Waals surface area contributed by atoms with Crippen LogP contribution >= 0.6 is 11.3 Å². The van der Waals surface area contributed by atoms with Gasteiger partial charge in [0, 0.05) is 39.7 Å². The largest absolute Gasteiger partial charge is 0.311 e. The molecule has 1 aromatic heterocycles. The fraction of sp³-hybridized carbons (Fsp3) is 0.358. The van der Waals surface area contributed by atoms with Crippen molar-refractivity contribution >= 4 is 78.8 Å². The molecule has 0 saturated carbocycles. The molecule has 3 nitrogen and oxygen atoms in total. The molecule has 0 amide bonds. The molecule has 2 aliphatic heterocycles. The van der Waals surface area contributed by atoms with Crippen LogP contribution in [0, 0.1) is 0 Å². The number of thiazole rings is 1. The van der Waals surface area contributed by atoms with Crippen LogP contribution in [0.25, 0.3) is 31.9 Å². The monoisotopic (exact) mass is 966 g/mol. The quantitative estimate of drug-likeness (QED) is 0.164. The molecule has 0 N–H and O–H groups in total. The third-order valence-electron chi connectivity index (χ3n) is 15.4. The molecule has 72 heavy (non-hydrogen) atoms. The lowest BCUT2D eigenvalue weighted by atomic mass is 9.33. The van der Waals surface area contributed by atoms with E-state index in [1.807, 2.05) is 0 Å². The molecule has 2 aliphatic rings. The van der Waals surface area contributed by atoms with Gasteiger partial charge >= 0.3 is 0 Å². The topological polar surface area (TPSA) is 19.4 Å². The highest BCUT2D eigenvalue weighted by Gasteiger charge is 2.45. The molecule has 8 aromatic rings. The lowest BCUT2D eigenvalue weighted by molar-refractivity contribution is 0.568. The Morgan fingerprint density at radius 2 is 0.764 bits per heavy atom. The van der Waals surface area contributed by atoms with Crippen LogP contribution in [0.3, 0.4) is 0 Å². The first-order valence-corrected chi connectivity index (χ1v) is 27.1. The molecular weight excluding hydrogens is 890 g/mol. The molecule has 0 radical (unpaired) electrons. The molecule has 7 aromatic carbocycles. The second-order valence-electron chi connectivity index (χ2n) is 27.2. The summed E-state index contributed by atoms with van der Waals surface area (Å²) < 4.78 is 1.19. The predicted molar refractivity (Wildman–Crippen MR) is 317 cm³/mol. The van der Waals surface area contributed by atoms with Gasteiger partial charge < -0.3 is 9.80 Å². The van der Waals surface area contributed by atoms with Gasteiger partial charge in [0.25, 0.3) is 6.71 Å². The van der Waals surface area contributed by atoms with E-state index in [4.69, 9.17) is 4.98 Å². The van der Waals surface area contributed by atoms with Crippen LogP contribution in [0.15, 0.2) is 133 Å². The third kappa shape index (κ3) is 8.92. The van der Waals surface area contributed by atoms with E-state index in [1.54, 1.807) is 11.3 Å². The Morgan fingerprint density at radius 1 is 0.347 bits per heavy atom. The van der Waals surface area contributed by atoms with Crippen molar-refractivity contribution in [2.24, 2.45) is 0 Å². The molecule has 0 saturated heterocycles. The van der Waals surface area contributed by atoms with Crippen LogP contribution in [0.4, 0.5) is 34.1 Å². The molecule has 5 heteroatoms. The predicted octanol–water partition coefficient (Wildman–Crippen LogP) is 17.5. The first kappa shape index (κ1) is 49.7. The minimum atomic E-state index is -0.128. The Balaban J connectivity index is 1.25. The van der Waals surface area contributed by atoms with Crippen molar-refractivity contribution in [3.8, 4) is 21.7 Å². The zero-order chi connectivity index (χ0) is 51.8. The molecule has 368 valence electrons. The SMILES string of the molecule is CC(C)(C)c1ccc(-c2ccc(-c3nc4cc5c(cc4s3)N(c3cc(C(C)(C)C)cc(C(C)(C)C)c3)c3cc(C(C)(C)C)cc4c3B5c3cc(C(C)(C)C)ccc3N4c3ccc(C(C)(C)C)cc3)cc2)cc1. The number of fused-ring (bicyclic) bond motifs is 5. The summed E-state index contributed by atoms with van der Waals surface area (Å²) in [6.07, 6.45) is 0. The van der Waals surface area contributed by atoms with Gasteiger partial charge in [0.2, 0.25) is 0 Å². The van der Waals surface area contributed by atoms with Gasteiger partial charge in [0.05, 0.1) is 10.2 Å². The fourth-order valence-corrected chi connectivity index (χ4v) is 11.7. The highest BCUT2D eigenvalue weighted by atomic mass is 32.1. The molecule has 3 heterocycles. The van der Waals surface area contributed by atoms with Crippen molar-refractivity contribution in [1.29, 1.82) is 0 Å². The molecule has 0 fully saturated rings. The fourth-order valence-electron chi connectivity index (χ4n) is 10.7. The van der Waals surface area contributed by atoms with E-state index in [0.717, 1.165) is 16.1 Å². The van der Waals surface area contributed by atoms with Crippen LogP contribution in [0.5, 0.6) is 0 Å². The first-order chi connectivity index (χ1) is 33.4. The van der Waals surface area contributed by atoms with E-state index in [9.17, 15) is 0 Å². The van der Waals surface area contributed by atoms with Crippen molar-refractivity contribution in [2.75, 3.05) is 9.80 Å². The van der Waals surface area contributed by atoms with Crippen molar-refractivity contribution in [3.63, 3.8) is 0 Å². The van der Waals surface area contributed by atoms with Gasteiger partial charge in [-0.1, -0.05) is 203 Å². The van der Waals surface area contributed by atoms with Crippen LogP contribution in [0.2, 0.25) is 0 Å². The smallest absolute Gasteiger partial charge is 0.252 e. The number of benzene rings is 7. The van der Waals surface area contributed by atoms with Crippen LogP contribution < -0.4 is 26.2 Å². The summed E-state index contributed by atoms with van der Waals surface area (Å²) in [5.41, 5.74) is 23.8. The Bertz CT molecular complexity index is 3350. The zero-order valence-electron chi connectivity index (χ0n) is 46.5. The van der Waals surface area contributed by atoms with Crippen molar-refractivity contribution in [1.82, 2.24) is 4.98 Å². The standard InChI is InChI=1S/C67H76BN3S/c1-62(2,3)44-25-23-42(24-26-44)41-19-21-43(22-20-41)61-69-54-39-53-56(40-59(54)72-61)71(51-34-47(65(10,11)12)33-48(35-51)66(13,14)15)58-38-49(67(16,17)18)37-57-60(58)68(53)52-36-46(64(7,8)9)29-32-55(52)70(57)50-30-27-45(28-31-50)63(4,5)6/h19-40H,1-18H3. The van der Waals surface area contributed by atoms with Crippen LogP contribution in [0.1, 0.15) is 158 Å². The van der Waals surface area contributed by atoms with Crippen molar-refractivity contribution < 1.29 is 0 Å². The van der Waals surface area contributed by atoms with Crippen molar-refractivity contribution in [2.45, 2.75) is 157 Å². The number of aromatic nitrogens is 1. The molecule has 0 unspecified atom stereocenters. The number of anilines is 6. The summed E-state index contributed by atoms with van der Waals surface area (Å²) in [6, 6.07) is 52.2. The van der Waals surface area contributed by atoms with E-state index in [2.05, 4.69) is 268 Å². The summed E-state index contributed by atoms with van der Waals surface area (Å²) in [5, 5.41) is 1.04. The number of nitrogens with zero attached hydrogens (tertiary/aromatic N) is 3. The Labute approximate surface area is 436 Å². The van der Waals surface area contributed by atoms with Gasteiger partial charge in [-0.2, -0.15) is 0 Å². The Morgan fingerprint density at radius 3 is 1.26 bits per heavy atom. The van der Waals surface area contributed by atoms with Crippen molar-refractivity contribution in [3.05, 3.63) is 167 Å². The maximum atomic E-state index is 5.53. The van der Waals surface area contributed by atoms with Gasteiger partial charge in [-0.15, -0.1) is 11.3 Å². The van der Waals surface area contributed by atoms with E-state index >= 15 is 0 Å². The average molecular weight is 966 g/mol. The van der Waals surface area contributed by atoms with Crippen LogP contribution in [-0.4, -0.2) is 11.7 Å². The minimum Gasteiger partial charge on any atom is -0.311 e. The van der Waals surface area contributed by atoms with Gasteiger partial charge in [-0.05, 0) is 148 Å². The molecule has 0 bridgehead atoms. The molecule has 0 atom stereocenters. The Kier molecular flexibility index (Phi) is 11.6. The second kappa shape index (κ2) is 16.8. The highest BCUT2D eigenvalue weighted by molar-refractivity contribution is 7.21. The van der Waals surface area contributed by atoms with E-state index in [1.165, 1.54) is 99.7 Å². The third-order valence-corrected chi connectivity index (χ3v) is 16.5. The Hall–Kier alpha value is -5.91. The van der Waals surface area contributed by atoms with Gasteiger partial charge in [-0.25, -0.2) is 4.98 Å².